The van der Waals surface area contributed by atoms with E-state index in [9.17, 15) is 4.79 Å². The summed E-state index contributed by atoms with van der Waals surface area (Å²) in [4.78, 5) is 14.1. The number of carbonyl (C=O) groups is 1. The standard InChI is InChI=1S/C14H21BrN2O/c1-4-11(2)17(3)10-9-16-14(18)12-5-7-13(15)8-6-12/h5-8,11H,4,9-10H2,1-3H3,(H,16,18)/t11-/m0/s1. The number of hydrogen-bond donors (Lipinski definition) is 1. The van der Waals surface area contributed by atoms with Crippen LogP contribution in [0, 0.1) is 0 Å². The maximum absolute atomic E-state index is 11.8. The van der Waals surface area contributed by atoms with E-state index in [1.54, 1.807) is 0 Å². The van der Waals surface area contributed by atoms with Crippen LogP contribution in [0.5, 0.6) is 0 Å². The van der Waals surface area contributed by atoms with Crippen molar-refractivity contribution in [2.75, 3.05) is 20.1 Å². The van der Waals surface area contributed by atoms with Gasteiger partial charge < -0.3 is 10.2 Å². The van der Waals surface area contributed by atoms with Crippen molar-refractivity contribution in [3.8, 4) is 0 Å². The maximum atomic E-state index is 11.8. The summed E-state index contributed by atoms with van der Waals surface area (Å²) in [6.45, 7) is 5.91. The Hall–Kier alpha value is -0.870. The first-order valence-corrected chi connectivity index (χ1v) is 7.08. The summed E-state index contributed by atoms with van der Waals surface area (Å²) in [6.07, 6.45) is 1.12. The molecule has 0 aliphatic carbocycles. The second-order valence-corrected chi connectivity index (χ2v) is 5.42. The molecule has 1 aromatic rings. The topological polar surface area (TPSA) is 32.3 Å². The monoisotopic (exact) mass is 312 g/mol. The van der Waals surface area contributed by atoms with Gasteiger partial charge in [0.1, 0.15) is 0 Å². The Morgan fingerprint density at radius 2 is 2.00 bits per heavy atom. The van der Waals surface area contributed by atoms with Gasteiger partial charge in [0.05, 0.1) is 0 Å². The lowest BCUT2D eigenvalue weighted by Gasteiger charge is -2.23. The molecule has 1 rings (SSSR count). The smallest absolute Gasteiger partial charge is 0.251 e. The minimum atomic E-state index is -0.0138. The second-order valence-electron chi connectivity index (χ2n) is 4.50. The lowest BCUT2D eigenvalue weighted by Crippen LogP contribution is -2.37. The van der Waals surface area contributed by atoms with Crippen molar-refractivity contribution >= 4 is 21.8 Å². The number of rotatable bonds is 6. The fraction of sp³-hybridized carbons (Fsp3) is 0.500. The van der Waals surface area contributed by atoms with Crippen LogP contribution in [0.3, 0.4) is 0 Å². The third-order valence-corrected chi connectivity index (χ3v) is 3.73. The molecule has 1 aromatic carbocycles. The fourth-order valence-corrected chi connectivity index (χ4v) is 1.85. The Kier molecular flexibility index (Phi) is 6.36. The molecule has 0 fully saturated rings. The molecule has 1 N–H and O–H groups in total. The molecular formula is C14H21BrN2O. The zero-order chi connectivity index (χ0) is 13.5. The van der Waals surface area contributed by atoms with E-state index < -0.39 is 0 Å². The van der Waals surface area contributed by atoms with Crippen LogP contribution in [0.1, 0.15) is 30.6 Å². The highest BCUT2D eigenvalue weighted by atomic mass is 79.9. The van der Waals surface area contributed by atoms with Gasteiger partial charge in [0.25, 0.3) is 5.91 Å². The number of nitrogens with zero attached hydrogens (tertiary/aromatic N) is 1. The van der Waals surface area contributed by atoms with E-state index >= 15 is 0 Å². The quantitative estimate of drug-likeness (QED) is 0.876. The number of nitrogens with one attached hydrogen (secondary N) is 1. The van der Waals surface area contributed by atoms with Gasteiger partial charge in [-0.25, -0.2) is 0 Å². The third kappa shape index (κ3) is 4.78. The summed E-state index contributed by atoms with van der Waals surface area (Å²) in [7, 11) is 2.08. The Morgan fingerprint density at radius 1 is 1.39 bits per heavy atom. The molecular weight excluding hydrogens is 292 g/mol. The molecule has 0 spiro atoms. The van der Waals surface area contributed by atoms with E-state index in [-0.39, 0.29) is 5.91 Å². The van der Waals surface area contributed by atoms with Crippen molar-refractivity contribution < 1.29 is 4.79 Å². The third-order valence-electron chi connectivity index (χ3n) is 3.20. The van der Waals surface area contributed by atoms with Crippen molar-refractivity contribution in [2.24, 2.45) is 0 Å². The number of benzene rings is 1. The first-order chi connectivity index (χ1) is 8.54. The fourth-order valence-electron chi connectivity index (χ4n) is 1.58. The number of likely N-dealkylation sites (N-methyl/N-ethyl adjacent to an activating group) is 1. The molecule has 0 saturated heterocycles. The molecule has 1 atom stereocenters. The second kappa shape index (κ2) is 7.54. The average Bonchev–Trinajstić information content (AvgIpc) is 2.38. The predicted molar refractivity (Wildman–Crippen MR) is 78.9 cm³/mol. The van der Waals surface area contributed by atoms with E-state index in [0.29, 0.717) is 18.2 Å². The van der Waals surface area contributed by atoms with Crippen molar-refractivity contribution in [2.45, 2.75) is 26.3 Å². The van der Waals surface area contributed by atoms with E-state index in [0.717, 1.165) is 17.4 Å². The van der Waals surface area contributed by atoms with Crippen molar-refractivity contribution in [1.82, 2.24) is 10.2 Å². The molecule has 0 aliphatic rings. The number of halogens is 1. The molecule has 4 heteroatoms. The lowest BCUT2D eigenvalue weighted by atomic mass is 10.2. The molecule has 18 heavy (non-hydrogen) atoms. The van der Waals surface area contributed by atoms with Gasteiger partial charge in [-0.1, -0.05) is 22.9 Å². The summed E-state index contributed by atoms with van der Waals surface area (Å²) in [5.74, 6) is -0.0138. The Morgan fingerprint density at radius 3 is 2.56 bits per heavy atom. The van der Waals surface area contributed by atoms with Crippen LogP contribution in [-0.4, -0.2) is 37.0 Å². The van der Waals surface area contributed by atoms with Gasteiger partial charge in [0.2, 0.25) is 0 Å². The molecule has 0 bridgehead atoms. The van der Waals surface area contributed by atoms with Crippen molar-refractivity contribution in [3.05, 3.63) is 34.3 Å². The van der Waals surface area contributed by atoms with Crippen LogP contribution in [0.2, 0.25) is 0 Å². The average molecular weight is 313 g/mol. The molecule has 1 amide bonds. The highest BCUT2D eigenvalue weighted by Gasteiger charge is 2.08. The number of hydrogen-bond acceptors (Lipinski definition) is 2. The van der Waals surface area contributed by atoms with Gasteiger partial charge in [0.15, 0.2) is 0 Å². The number of carbonyl (C=O) groups excluding carboxylic acids is 1. The van der Waals surface area contributed by atoms with Crippen LogP contribution in [-0.2, 0) is 0 Å². The van der Waals surface area contributed by atoms with Gasteiger partial charge >= 0.3 is 0 Å². The molecule has 0 aromatic heterocycles. The van der Waals surface area contributed by atoms with Crippen molar-refractivity contribution in [3.63, 3.8) is 0 Å². The van der Waals surface area contributed by atoms with Gasteiger partial charge in [0, 0.05) is 29.2 Å². The van der Waals surface area contributed by atoms with Crippen LogP contribution in [0.15, 0.2) is 28.7 Å². The van der Waals surface area contributed by atoms with Gasteiger partial charge in [-0.3, -0.25) is 4.79 Å². The van der Waals surface area contributed by atoms with E-state index in [1.807, 2.05) is 24.3 Å². The minimum absolute atomic E-state index is 0.0138. The zero-order valence-corrected chi connectivity index (χ0v) is 12.8. The van der Waals surface area contributed by atoms with Gasteiger partial charge in [-0.2, -0.15) is 0 Å². The largest absolute Gasteiger partial charge is 0.351 e. The Balaban J connectivity index is 2.35. The first kappa shape index (κ1) is 15.2. The number of amides is 1. The maximum Gasteiger partial charge on any atom is 0.251 e. The highest BCUT2D eigenvalue weighted by Crippen LogP contribution is 2.10. The summed E-state index contributed by atoms with van der Waals surface area (Å²) in [5, 5.41) is 2.93. The SMILES string of the molecule is CC[C@H](C)N(C)CCNC(=O)c1ccc(Br)cc1. The van der Waals surface area contributed by atoms with Gasteiger partial charge in [-0.15, -0.1) is 0 Å². The lowest BCUT2D eigenvalue weighted by molar-refractivity contribution is 0.0947. The molecule has 0 aliphatic heterocycles. The molecule has 0 heterocycles. The minimum Gasteiger partial charge on any atom is -0.351 e. The Labute approximate surface area is 118 Å². The zero-order valence-electron chi connectivity index (χ0n) is 11.2. The van der Waals surface area contributed by atoms with E-state index in [4.69, 9.17) is 0 Å². The van der Waals surface area contributed by atoms with Crippen LogP contribution in [0.4, 0.5) is 0 Å². The molecule has 0 saturated carbocycles. The summed E-state index contributed by atoms with van der Waals surface area (Å²) in [5.41, 5.74) is 0.699. The molecule has 3 nitrogen and oxygen atoms in total. The highest BCUT2D eigenvalue weighted by molar-refractivity contribution is 9.10. The van der Waals surface area contributed by atoms with E-state index in [1.165, 1.54) is 0 Å². The van der Waals surface area contributed by atoms with Crippen LogP contribution >= 0.6 is 15.9 Å². The predicted octanol–water partition coefficient (Wildman–Crippen LogP) is 2.91. The van der Waals surface area contributed by atoms with Crippen LogP contribution < -0.4 is 5.32 Å². The summed E-state index contributed by atoms with van der Waals surface area (Å²) >= 11 is 3.35. The molecule has 0 radical (unpaired) electrons. The van der Waals surface area contributed by atoms with Gasteiger partial charge in [-0.05, 0) is 44.7 Å². The molecule has 100 valence electrons. The summed E-state index contributed by atoms with van der Waals surface area (Å²) in [6, 6.07) is 7.94. The normalized spacial score (nSPS) is 12.5. The van der Waals surface area contributed by atoms with Crippen LogP contribution in [0.25, 0.3) is 0 Å². The molecule has 0 unspecified atom stereocenters. The summed E-state index contributed by atoms with van der Waals surface area (Å²) < 4.78 is 0.982. The Bertz CT molecular complexity index is 378. The van der Waals surface area contributed by atoms with Crippen molar-refractivity contribution in [1.29, 1.82) is 0 Å². The van der Waals surface area contributed by atoms with E-state index in [2.05, 4.69) is 47.0 Å². The first-order valence-electron chi connectivity index (χ1n) is 6.28.